The van der Waals surface area contributed by atoms with Gasteiger partial charge in [0.05, 0.1) is 6.10 Å². The number of carbonyl (C=O) groups excluding carboxylic acids is 2. The van der Waals surface area contributed by atoms with Gasteiger partial charge in [0.2, 0.25) is 11.8 Å². The molecule has 0 radical (unpaired) electrons. The molecule has 2 aromatic carbocycles. The van der Waals surface area contributed by atoms with E-state index in [1.807, 2.05) is 30.3 Å². The van der Waals surface area contributed by atoms with Gasteiger partial charge in [-0.05, 0) is 36.1 Å². The van der Waals surface area contributed by atoms with Crippen LogP contribution in [0.25, 0.3) is 0 Å². The molecule has 2 amide bonds. The van der Waals surface area contributed by atoms with Gasteiger partial charge in [-0.3, -0.25) is 9.59 Å². The molecule has 1 aliphatic rings. The lowest BCUT2D eigenvalue weighted by atomic mass is 10.0. The number of carbonyl (C=O) groups is 2. The molecule has 6 heteroatoms. The van der Waals surface area contributed by atoms with E-state index in [1.165, 1.54) is 12.1 Å². The van der Waals surface area contributed by atoms with E-state index in [-0.39, 0.29) is 36.7 Å². The van der Waals surface area contributed by atoms with Gasteiger partial charge in [0.15, 0.2) is 0 Å². The van der Waals surface area contributed by atoms with Crippen LogP contribution in [0.4, 0.5) is 4.39 Å². The van der Waals surface area contributed by atoms with Gasteiger partial charge >= 0.3 is 0 Å². The molecule has 160 valence electrons. The Kier molecular flexibility index (Phi) is 7.97. The normalized spacial score (nSPS) is 16.8. The quantitative estimate of drug-likeness (QED) is 0.686. The van der Waals surface area contributed by atoms with E-state index < -0.39 is 6.04 Å². The SMILES string of the molecule is CCC(=O)N(Cc1ccc(F)cc1)[C@H](Cc1ccccc1)C(=O)NC[C@H]1CCCO1. The number of ether oxygens (including phenoxy) is 1. The van der Waals surface area contributed by atoms with E-state index in [9.17, 15) is 14.0 Å². The lowest BCUT2D eigenvalue weighted by Crippen LogP contribution is -2.51. The van der Waals surface area contributed by atoms with Gasteiger partial charge in [-0.15, -0.1) is 0 Å². The Hall–Kier alpha value is -2.73. The molecule has 2 atom stereocenters. The Morgan fingerprint density at radius 1 is 1.13 bits per heavy atom. The topological polar surface area (TPSA) is 58.6 Å². The third-order valence-electron chi connectivity index (χ3n) is 5.37. The largest absolute Gasteiger partial charge is 0.376 e. The van der Waals surface area contributed by atoms with Crippen LogP contribution in [0.3, 0.4) is 0 Å². The minimum Gasteiger partial charge on any atom is -0.376 e. The summed E-state index contributed by atoms with van der Waals surface area (Å²) in [6.45, 7) is 3.19. The Morgan fingerprint density at radius 2 is 1.87 bits per heavy atom. The average molecular weight is 413 g/mol. The first kappa shape index (κ1) is 22.0. The highest BCUT2D eigenvalue weighted by molar-refractivity contribution is 5.88. The van der Waals surface area contributed by atoms with Crippen molar-refractivity contribution in [3.05, 3.63) is 71.5 Å². The zero-order chi connectivity index (χ0) is 21.3. The minimum absolute atomic E-state index is 0.0266. The fourth-order valence-corrected chi connectivity index (χ4v) is 3.68. The second-order valence-electron chi connectivity index (χ2n) is 7.59. The molecule has 30 heavy (non-hydrogen) atoms. The highest BCUT2D eigenvalue weighted by Gasteiger charge is 2.30. The third kappa shape index (κ3) is 6.13. The molecule has 1 aliphatic heterocycles. The van der Waals surface area contributed by atoms with E-state index in [2.05, 4.69) is 5.32 Å². The average Bonchev–Trinajstić information content (AvgIpc) is 3.29. The van der Waals surface area contributed by atoms with Gasteiger partial charge in [0.1, 0.15) is 11.9 Å². The lowest BCUT2D eigenvalue weighted by molar-refractivity contribution is -0.141. The summed E-state index contributed by atoms with van der Waals surface area (Å²) in [5.41, 5.74) is 1.76. The molecule has 0 spiro atoms. The van der Waals surface area contributed by atoms with Crippen molar-refractivity contribution >= 4 is 11.8 Å². The number of nitrogens with one attached hydrogen (secondary N) is 1. The Bertz CT molecular complexity index is 820. The first-order valence-electron chi connectivity index (χ1n) is 10.5. The van der Waals surface area contributed by atoms with Gasteiger partial charge in [-0.1, -0.05) is 49.4 Å². The number of rotatable bonds is 9. The first-order chi connectivity index (χ1) is 14.6. The fourth-order valence-electron chi connectivity index (χ4n) is 3.68. The van der Waals surface area contributed by atoms with E-state index >= 15 is 0 Å². The van der Waals surface area contributed by atoms with Crippen LogP contribution in [0.2, 0.25) is 0 Å². The Labute approximate surface area is 177 Å². The molecule has 0 bridgehead atoms. The van der Waals surface area contributed by atoms with Crippen LogP contribution < -0.4 is 5.32 Å². The maximum absolute atomic E-state index is 13.3. The van der Waals surface area contributed by atoms with E-state index in [1.54, 1.807) is 24.0 Å². The van der Waals surface area contributed by atoms with Gasteiger partial charge < -0.3 is 15.0 Å². The number of hydrogen-bond donors (Lipinski definition) is 1. The number of hydrogen-bond acceptors (Lipinski definition) is 3. The van der Waals surface area contributed by atoms with Crippen LogP contribution in [0.5, 0.6) is 0 Å². The molecular weight excluding hydrogens is 383 g/mol. The second-order valence-corrected chi connectivity index (χ2v) is 7.59. The number of amides is 2. The predicted molar refractivity (Wildman–Crippen MR) is 113 cm³/mol. The highest BCUT2D eigenvalue weighted by atomic mass is 19.1. The summed E-state index contributed by atoms with van der Waals surface area (Å²) in [5.74, 6) is -0.645. The van der Waals surface area contributed by atoms with Crippen LogP contribution in [-0.2, 0) is 27.3 Å². The molecule has 1 fully saturated rings. The first-order valence-corrected chi connectivity index (χ1v) is 10.5. The standard InChI is InChI=1S/C24H29FN2O3/c1-2-23(28)27(17-19-10-12-20(25)13-11-19)22(15-18-7-4-3-5-8-18)24(29)26-16-21-9-6-14-30-21/h3-5,7-8,10-13,21-22H,2,6,9,14-17H2,1H3,(H,26,29)/t21-,22-/m1/s1. The van der Waals surface area contributed by atoms with Crippen molar-refractivity contribution in [3.8, 4) is 0 Å². The molecule has 0 aliphatic carbocycles. The van der Waals surface area contributed by atoms with Crippen LogP contribution in [0.15, 0.2) is 54.6 Å². The molecule has 2 aromatic rings. The molecule has 1 saturated heterocycles. The molecule has 1 heterocycles. The van der Waals surface area contributed by atoms with Crippen molar-refractivity contribution in [1.29, 1.82) is 0 Å². The van der Waals surface area contributed by atoms with Crippen molar-refractivity contribution in [2.24, 2.45) is 0 Å². The van der Waals surface area contributed by atoms with Crippen LogP contribution in [-0.4, -0.2) is 42.0 Å². The second kappa shape index (κ2) is 10.9. The van der Waals surface area contributed by atoms with Crippen molar-refractivity contribution in [3.63, 3.8) is 0 Å². The van der Waals surface area contributed by atoms with Crippen LogP contribution >= 0.6 is 0 Å². The zero-order valence-corrected chi connectivity index (χ0v) is 17.4. The van der Waals surface area contributed by atoms with Crippen LogP contribution in [0.1, 0.15) is 37.3 Å². The monoisotopic (exact) mass is 412 g/mol. The predicted octanol–water partition coefficient (Wildman–Crippen LogP) is 3.47. The molecule has 1 N–H and O–H groups in total. The lowest BCUT2D eigenvalue weighted by Gasteiger charge is -2.31. The maximum atomic E-state index is 13.3. The van der Waals surface area contributed by atoms with Gasteiger partial charge in [-0.25, -0.2) is 4.39 Å². The minimum atomic E-state index is -0.661. The summed E-state index contributed by atoms with van der Waals surface area (Å²) in [7, 11) is 0. The highest BCUT2D eigenvalue weighted by Crippen LogP contribution is 2.17. The molecular formula is C24H29FN2O3. The van der Waals surface area contributed by atoms with E-state index in [0.29, 0.717) is 13.0 Å². The summed E-state index contributed by atoms with van der Waals surface area (Å²) >= 11 is 0. The zero-order valence-electron chi connectivity index (χ0n) is 17.4. The molecule has 0 aromatic heterocycles. The maximum Gasteiger partial charge on any atom is 0.243 e. The Balaban J connectivity index is 1.81. The van der Waals surface area contributed by atoms with Gasteiger partial charge in [0.25, 0.3) is 0 Å². The summed E-state index contributed by atoms with van der Waals surface area (Å²) in [6, 6.07) is 15.0. The molecule has 0 unspecified atom stereocenters. The smallest absolute Gasteiger partial charge is 0.243 e. The number of halogens is 1. The number of nitrogens with zero attached hydrogens (tertiary/aromatic N) is 1. The molecule has 0 saturated carbocycles. The van der Waals surface area contributed by atoms with Crippen molar-refractivity contribution in [2.75, 3.05) is 13.2 Å². The van der Waals surface area contributed by atoms with Gasteiger partial charge in [0, 0.05) is 32.5 Å². The number of benzene rings is 2. The summed E-state index contributed by atoms with van der Waals surface area (Å²) < 4.78 is 18.9. The van der Waals surface area contributed by atoms with Crippen molar-refractivity contribution < 1.29 is 18.7 Å². The van der Waals surface area contributed by atoms with Gasteiger partial charge in [-0.2, -0.15) is 0 Å². The third-order valence-corrected chi connectivity index (χ3v) is 5.37. The molecule has 5 nitrogen and oxygen atoms in total. The van der Waals surface area contributed by atoms with E-state index in [4.69, 9.17) is 4.74 Å². The Morgan fingerprint density at radius 3 is 2.50 bits per heavy atom. The summed E-state index contributed by atoms with van der Waals surface area (Å²) in [4.78, 5) is 27.6. The summed E-state index contributed by atoms with van der Waals surface area (Å²) in [6.07, 6.45) is 2.64. The van der Waals surface area contributed by atoms with Crippen molar-refractivity contribution in [2.45, 2.75) is 51.3 Å². The summed E-state index contributed by atoms with van der Waals surface area (Å²) in [5, 5.41) is 2.98. The molecule has 3 rings (SSSR count). The van der Waals surface area contributed by atoms with E-state index in [0.717, 1.165) is 30.6 Å². The fraction of sp³-hybridized carbons (Fsp3) is 0.417. The van der Waals surface area contributed by atoms with Crippen LogP contribution in [0, 0.1) is 5.82 Å². The van der Waals surface area contributed by atoms with Crippen molar-refractivity contribution in [1.82, 2.24) is 10.2 Å².